The Labute approximate surface area is 120 Å². The summed E-state index contributed by atoms with van der Waals surface area (Å²) in [4.78, 5) is 0. The van der Waals surface area contributed by atoms with Gasteiger partial charge in [0.1, 0.15) is 0 Å². The van der Waals surface area contributed by atoms with Crippen molar-refractivity contribution >= 4 is 23.1 Å². The van der Waals surface area contributed by atoms with E-state index in [0.717, 1.165) is 11.8 Å². The molecule has 0 aromatic carbocycles. The lowest BCUT2D eigenvalue weighted by atomic mass is 9.82. The van der Waals surface area contributed by atoms with Crippen LogP contribution in [0.25, 0.3) is 0 Å². The van der Waals surface area contributed by atoms with E-state index in [0.29, 0.717) is 17.4 Å². The van der Waals surface area contributed by atoms with Gasteiger partial charge in [-0.25, -0.2) is 0 Å². The molecule has 2 heterocycles. The monoisotopic (exact) mass is 283 g/mol. The molecule has 1 N–H and O–H groups in total. The van der Waals surface area contributed by atoms with Crippen LogP contribution in [-0.2, 0) is 0 Å². The number of nitrogens with one attached hydrogen (secondary N) is 1. The topological polar surface area (TPSA) is 12.0 Å². The van der Waals surface area contributed by atoms with Crippen molar-refractivity contribution in [1.82, 2.24) is 5.32 Å². The van der Waals surface area contributed by atoms with Crippen LogP contribution in [-0.4, -0.2) is 11.8 Å². The smallest absolute Gasteiger partial charge is 0.0649 e. The van der Waals surface area contributed by atoms with Gasteiger partial charge in [0.25, 0.3) is 0 Å². The summed E-state index contributed by atoms with van der Waals surface area (Å²) in [6.45, 7) is 12.8. The second kappa shape index (κ2) is 5.56. The second-order valence-electron chi connectivity index (χ2n) is 6.56. The average molecular weight is 284 g/mol. The normalized spacial score (nSPS) is 25.8. The zero-order valence-corrected chi connectivity index (χ0v) is 13.8. The van der Waals surface area contributed by atoms with Gasteiger partial charge in [-0.15, -0.1) is 23.1 Å². The van der Waals surface area contributed by atoms with Crippen LogP contribution in [0.5, 0.6) is 0 Å². The van der Waals surface area contributed by atoms with Crippen molar-refractivity contribution in [2.24, 2.45) is 11.3 Å². The van der Waals surface area contributed by atoms with E-state index in [-0.39, 0.29) is 0 Å². The van der Waals surface area contributed by atoms with Crippen molar-refractivity contribution in [3.05, 3.63) is 17.0 Å². The van der Waals surface area contributed by atoms with Crippen molar-refractivity contribution in [3.8, 4) is 0 Å². The van der Waals surface area contributed by atoms with Crippen molar-refractivity contribution in [3.63, 3.8) is 0 Å². The predicted octanol–water partition coefficient (Wildman–Crippen LogP) is 4.95. The average Bonchev–Trinajstić information content (AvgIpc) is 2.71. The Balaban J connectivity index is 1.99. The zero-order chi connectivity index (χ0) is 13.3. The van der Waals surface area contributed by atoms with Gasteiger partial charge >= 0.3 is 0 Å². The Morgan fingerprint density at radius 1 is 1.44 bits per heavy atom. The Morgan fingerprint density at radius 2 is 2.17 bits per heavy atom. The minimum Gasteiger partial charge on any atom is -0.310 e. The molecule has 3 heteroatoms. The number of hydrogen-bond acceptors (Lipinski definition) is 3. The van der Waals surface area contributed by atoms with Crippen LogP contribution >= 0.6 is 23.1 Å². The summed E-state index contributed by atoms with van der Waals surface area (Å²) < 4.78 is 1.52. The van der Waals surface area contributed by atoms with Crippen LogP contribution in [0.4, 0.5) is 0 Å². The van der Waals surface area contributed by atoms with Crippen LogP contribution in [0.3, 0.4) is 0 Å². The summed E-state index contributed by atoms with van der Waals surface area (Å²) in [7, 11) is 0. The third kappa shape index (κ3) is 3.31. The van der Waals surface area contributed by atoms with E-state index in [9.17, 15) is 0 Å². The molecule has 1 aromatic heterocycles. The van der Waals surface area contributed by atoms with Crippen LogP contribution in [0.1, 0.15) is 52.6 Å². The molecule has 0 bridgehead atoms. The SMILES string of the molecule is CC(CNC1C[C@H](C)Sc2sccc21)C(C)(C)C. The van der Waals surface area contributed by atoms with Gasteiger partial charge in [0, 0.05) is 11.3 Å². The van der Waals surface area contributed by atoms with Gasteiger partial charge in [0.15, 0.2) is 0 Å². The predicted molar refractivity (Wildman–Crippen MR) is 83.6 cm³/mol. The molecular weight excluding hydrogens is 258 g/mol. The van der Waals surface area contributed by atoms with Gasteiger partial charge in [0.05, 0.1) is 4.21 Å². The number of rotatable bonds is 3. The van der Waals surface area contributed by atoms with E-state index in [1.165, 1.54) is 16.2 Å². The van der Waals surface area contributed by atoms with Crippen molar-refractivity contribution in [2.45, 2.75) is 56.5 Å². The maximum Gasteiger partial charge on any atom is 0.0649 e. The molecule has 2 unspecified atom stereocenters. The molecule has 0 saturated heterocycles. The molecule has 0 aliphatic carbocycles. The molecular formula is C15H25NS2. The maximum absolute atomic E-state index is 3.79. The quantitative estimate of drug-likeness (QED) is 0.842. The summed E-state index contributed by atoms with van der Waals surface area (Å²) in [6.07, 6.45) is 1.26. The van der Waals surface area contributed by atoms with Crippen LogP contribution in [0, 0.1) is 11.3 Å². The number of thioether (sulfide) groups is 1. The van der Waals surface area contributed by atoms with Gasteiger partial charge in [0.2, 0.25) is 0 Å². The lowest BCUT2D eigenvalue weighted by Gasteiger charge is -2.32. The van der Waals surface area contributed by atoms with E-state index in [4.69, 9.17) is 0 Å². The molecule has 18 heavy (non-hydrogen) atoms. The molecule has 1 aliphatic heterocycles. The minimum absolute atomic E-state index is 0.388. The fraction of sp³-hybridized carbons (Fsp3) is 0.733. The molecule has 1 aliphatic rings. The lowest BCUT2D eigenvalue weighted by molar-refractivity contribution is 0.243. The molecule has 0 radical (unpaired) electrons. The summed E-state index contributed by atoms with van der Waals surface area (Å²) in [6, 6.07) is 2.87. The third-order valence-electron chi connectivity index (χ3n) is 4.06. The molecule has 0 fully saturated rings. The van der Waals surface area contributed by atoms with Gasteiger partial charge < -0.3 is 5.32 Å². The highest BCUT2D eigenvalue weighted by Gasteiger charge is 2.27. The largest absolute Gasteiger partial charge is 0.310 e. The highest BCUT2D eigenvalue weighted by molar-refractivity contribution is 8.01. The standard InChI is InChI=1S/C15H25NS2/c1-10(15(3,4)5)9-16-13-8-11(2)18-14-12(13)6-7-17-14/h6-7,10-11,13,16H,8-9H2,1-5H3/t10?,11-,13?/m0/s1. The van der Waals surface area contributed by atoms with E-state index in [2.05, 4.69) is 51.4 Å². The zero-order valence-electron chi connectivity index (χ0n) is 12.1. The molecule has 0 saturated carbocycles. The first kappa shape index (κ1) is 14.4. The van der Waals surface area contributed by atoms with E-state index >= 15 is 0 Å². The second-order valence-corrected chi connectivity index (χ2v) is 9.18. The Kier molecular flexibility index (Phi) is 4.45. The first-order chi connectivity index (χ1) is 8.38. The summed E-state index contributed by atoms with van der Waals surface area (Å²) in [5.41, 5.74) is 1.92. The van der Waals surface area contributed by atoms with Crippen molar-refractivity contribution in [2.75, 3.05) is 6.54 Å². The van der Waals surface area contributed by atoms with Crippen LogP contribution in [0.15, 0.2) is 15.7 Å². The number of hydrogen-bond donors (Lipinski definition) is 1. The first-order valence-corrected chi connectivity index (χ1v) is 8.61. The molecule has 1 aromatic rings. The Morgan fingerprint density at radius 3 is 2.83 bits per heavy atom. The summed E-state index contributed by atoms with van der Waals surface area (Å²) in [5, 5.41) is 6.76. The molecule has 0 amide bonds. The third-order valence-corrected chi connectivity index (χ3v) is 6.40. The first-order valence-electron chi connectivity index (χ1n) is 6.85. The van der Waals surface area contributed by atoms with E-state index in [1.54, 1.807) is 0 Å². The van der Waals surface area contributed by atoms with Gasteiger partial charge in [-0.05, 0) is 41.3 Å². The summed E-state index contributed by atoms with van der Waals surface area (Å²) >= 11 is 3.94. The Hall–Kier alpha value is 0.0100. The van der Waals surface area contributed by atoms with Crippen LogP contribution < -0.4 is 5.32 Å². The lowest BCUT2D eigenvalue weighted by Crippen LogP contribution is -2.34. The fourth-order valence-electron chi connectivity index (χ4n) is 2.17. The number of thiophene rings is 1. The van der Waals surface area contributed by atoms with E-state index in [1.807, 2.05) is 23.1 Å². The molecule has 2 rings (SSSR count). The highest BCUT2D eigenvalue weighted by Crippen LogP contribution is 2.43. The Bertz CT molecular complexity index is 391. The van der Waals surface area contributed by atoms with Gasteiger partial charge in [-0.1, -0.05) is 34.6 Å². The molecule has 0 spiro atoms. The van der Waals surface area contributed by atoms with Crippen LogP contribution in [0.2, 0.25) is 0 Å². The molecule has 1 nitrogen and oxygen atoms in total. The van der Waals surface area contributed by atoms with Gasteiger partial charge in [-0.2, -0.15) is 0 Å². The van der Waals surface area contributed by atoms with E-state index < -0.39 is 0 Å². The number of fused-ring (bicyclic) bond motifs is 1. The minimum atomic E-state index is 0.388. The highest BCUT2D eigenvalue weighted by atomic mass is 32.2. The fourth-order valence-corrected chi connectivity index (χ4v) is 4.73. The molecule has 102 valence electrons. The molecule has 3 atom stereocenters. The van der Waals surface area contributed by atoms with Gasteiger partial charge in [-0.3, -0.25) is 0 Å². The van der Waals surface area contributed by atoms with Crippen molar-refractivity contribution in [1.29, 1.82) is 0 Å². The van der Waals surface area contributed by atoms with Crippen molar-refractivity contribution < 1.29 is 0 Å². The summed E-state index contributed by atoms with van der Waals surface area (Å²) in [5.74, 6) is 0.699. The maximum atomic E-state index is 3.79.